The summed E-state index contributed by atoms with van der Waals surface area (Å²) in [6.45, 7) is 6.71. The first-order valence-corrected chi connectivity index (χ1v) is 7.62. The van der Waals surface area contributed by atoms with Gasteiger partial charge in [-0.1, -0.05) is 30.1 Å². The number of nitrogens with one attached hydrogen (secondary N) is 1. The molecular weight excluding hydrogens is 300 g/mol. The van der Waals surface area contributed by atoms with Gasteiger partial charge >= 0.3 is 0 Å². The molecule has 20 heavy (non-hydrogen) atoms. The summed E-state index contributed by atoms with van der Waals surface area (Å²) >= 11 is 11.9. The third-order valence-corrected chi connectivity index (χ3v) is 4.66. The summed E-state index contributed by atoms with van der Waals surface area (Å²) in [7, 11) is 0. The minimum atomic E-state index is -0.433. The molecule has 0 radical (unpaired) electrons. The first-order valence-electron chi connectivity index (χ1n) is 6.87. The van der Waals surface area contributed by atoms with E-state index in [1.54, 1.807) is 0 Å². The highest BCUT2D eigenvalue weighted by Gasteiger charge is 2.27. The topological polar surface area (TPSA) is 21.3 Å². The molecule has 0 aliphatic carbocycles. The normalized spacial score (nSPS) is 19.9. The molecule has 1 fully saturated rings. The van der Waals surface area contributed by atoms with E-state index in [9.17, 15) is 4.39 Å². The molecule has 1 atom stereocenters. The number of benzene rings is 1. The van der Waals surface area contributed by atoms with Gasteiger partial charge in [0, 0.05) is 30.8 Å². The van der Waals surface area contributed by atoms with Gasteiger partial charge in [0.25, 0.3) is 0 Å². The fourth-order valence-corrected chi connectivity index (χ4v) is 2.97. The molecule has 1 aliphatic rings. The summed E-state index contributed by atoms with van der Waals surface area (Å²) in [6.07, 6.45) is 2.07. The Labute approximate surface area is 129 Å². The van der Waals surface area contributed by atoms with Gasteiger partial charge in [-0.3, -0.25) is 0 Å². The fraction of sp³-hybridized carbons (Fsp3) is 0.600. The van der Waals surface area contributed by atoms with Crippen LogP contribution in [0.25, 0.3) is 0 Å². The lowest BCUT2D eigenvalue weighted by Crippen LogP contribution is -2.37. The Balaban J connectivity index is 2.01. The zero-order valence-electron chi connectivity index (χ0n) is 11.8. The van der Waals surface area contributed by atoms with Gasteiger partial charge in [0.2, 0.25) is 0 Å². The van der Waals surface area contributed by atoms with Gasteiger partial charge in [0.15, 0.2) is 0 Å². The smallest absolute Gasteiger partial charge is 0.142 e. The Kier molecular flexibility index (Phi) is 5.30. The first kappa shape index (κ1) is 16.0. The van der Waals surface area contributed by atoms with Gasteiger partial charge in [-0.15, -0.1) is 0 Å². The van der Waals surface area contributed by atoms with Crippen molar-refractivity contribution < 1.29 is 9.13 Å². The zero-order chi connectivity index (χ0) is 14.8. The van der Waals surface area contributed by atoms with E-state index in [-0.39, 0.29) is 16.5 Å². The van der Waals surface area contributed by atoms with Crippen molar-refractivity contribution in [1.29, 1.82) is 0 Å². The van der Waals surface area contributed by atoms with Crippen molar-refractivity contribution in [3.8, 4) is 0 Å². The van der Waals surface area contributed by atoms with Crippen LogP contribution in [0.15, 0.2) is 12.1 Å². The molecule has 1 N–H and O–H groups in total. The molecule has 1 aliphatic heterocycles. The lowest BCUT2D eigenvalue weighted by molar-refractivity contribution is 0.0231. The van der Waals surface area contributed by atoms with Crippen LogP contribution in [0.3, 0.4) is 0 Å². The van der Waals surface area contributed by atoms with E-state index in [0.29, 0.717) is 5.02 Å². The second-order valence-electron chi connectivity index (χ2n) is 5.81. The van der Waals surface area contributed by atoms with Crippen LogP contribution in [0, 0.1) is 11.2 Å². The van der Waals surface area contributed by atoms with E-state index in [1.165, 1.54) is 12.1 Å². The van der Waals surface area contributed by atoms with Crippen molar-refractivity contribution in [1.82, 2.24) is 5.32 Å². The molecule has 112 valence electrons. The van der Waals surface area contributed by atoms with E-state index < -0.39 is 5.82 Å². The lowest BCUT2D eigenvalue weighted by atomic mass is 9.82. The summed E-state index contributed by atoms with van der Waals surface area (Å²) in [5.41, 5.74) is 0.966. The summed E-state index contributed by atoms with van der Waals surface area (Å²) in [4.78, 5) is 0. The Hall–Kier alpha value is -0.350. The van der Waals surface area contributed by atoms with Crippen LogP contribution in [0.2, 0.25) is 10.0 Å². The van der Waals surface area contributed by atoms with Crippen LogP contribution >= 0.6 is 23.2 Å². The highest BCUT2D eigenvalue weighted by Crippen LogP contribution is 2.32. The Morgan fingerprint density at radius 2 is 1.95 bits per heavy atom. The largest absolute Gasteiger partial charge is 0.381 e. The van der Waals surface area contributed by atoms with Crippen molar-refractivity contribution >= 4 is 23.2 Å². The number of hydrogen-bond donors (Lipinski definition) is 1. The van der Waals surface area contributed by atoms with E-state index in [0.717, 1.165) is 38.2 Å². The minimum Gasteiger partial charge on any atom is -0.381 e. The molecule has 0 saturated carbocycles. The third-order valence-electron chi connectivity index (χ3n) is 4.04. The maximum absolute atomic E-state index is 13.6. The SMILES string of the molecule is CC(NCC1(C)CCOCC1)c1cc(F)c(Cl)cc1Cl. The molecule has 5 heteroatoms. The van der Waals surface area contributed by atoms with Gasteiger partial charge in [0.1, 0.15) is 5.82 Å². The maximum Gasteiger partial charge on any atom is 0.142 e. The van der Waals surface area contributed by atoms with Crippen molar-refractivity contribution in [3.63, 3.8) is 0 Å². The quantitative estimate of drug-likeness (QED) is 0.819. The average molecular weight is 320 g/mol. The van der Waals surface area contributed by atoms with Gasteiger partial charge in [0.05, 0.1) is 5.02 Å². The molecule has 2 nitrogen and oxygen atoms in total. The third kappa shape index (κ3) is 3.85. The summed E-state index contributed by atoms with van der Waals surface area (Å²) in [6, 6.07) is 2.85. The summed E-state index contributed by atoms with van der Waals surface area (Å²) < 4.78 is 18.9. The molecule has 1 aromatic rings. The van der Waals surface area contributed by atoms with Gasteiger partial charge in [-0.25, -0.2) is 4.39 Å². The Morgan fingerprint density at radius 3 is 2.60 bits per heavy atom. The average Bonchev–Trinajstić information content (AvgIpc) is 2.41. The van der Waals surface area contributed by atoms with Crippen molar-refractivity contribution in [2.45, 2.75) is 32.7 Å². The molecule has 1 unspecified atom stereocenters. The van der Waals surface area contributed by atoms with Gasteiger partial charge in [-0.05, 0) is 42.9 Å². The second-order valence-corrected chi connectivity index (χ2v) is 6.63. The predicted octanol–water partition coefficient (Wildman–Crippen LogP) is 4.60. The van der Waals surface area contributed by atoms with Crippen LogP contribution in [0.1, 0.15) is 38.3 Å². The van der Waals surface area contributed by atoms with Gasteiger partial charge < -0.3 is 10.1 Å². The molecule has 1 aromatic carbocycles. The second kappa shape index (κ2) is 6.61. The summed E-state index contributed by atoms with van der Waals surface area (Å²) in [5.74, 6) is -0.433. The number of halogens is 3. The van der Waals surface area contributed by atoms with Crippen LogP contribution in [-0.2, 0) is 4.74 Å². The molecule has 1 saturated heterocycles. The lowest BCUT2D eigenvalue weighted by Gasteiger charge is -2.35. The highest BCUT2D eigenvalue weighted by atomic mass is 35.5. The predicted molar refractivity (Wildman–Crippen MR) is 81.0 cm³/mol. The van der Waals surface area contributed by atoms with Crippen LogP contribution in [0.4, 0.5) is 4.39 Å². The highest BCUT2D eigenvalue weighted by molar-refractivity contribution is 6.35. The van der Waals surface area contributed by atoms with E-state index >= 15 is 0 Å². The number of rotatable bonds is 4. The Bertz CT molecular complexity index is 475. The molecule has 0 spiro atoms. The van der Waals surface area contributed by atoms with Crippen LogP contribution in [-0.4, -0.2) is 19.8 Å². The number of ether oxygens (including phenoxy) is 1. The van der Waals surface area contributed by atoms with Crippen molar-refractivity contribution in [2.75, 3.05) is 19.8 Å². The minimum absolute atomic E-state index is 0.0195. The molecule has 1 heterocycles. The fourth-order valence-electron chi connectivity index (χ4n) is 2.42. The molecular formula is C15H20Cl2FNO. The van der Waals surface area contributed by atoms with Crippen LogP contribution < -0.4 is 5.32 Å². The van der Waals surface area contributed by atoms with E-state index in [4.69, 9.17) is 27.9 Å². The first-order chi connectivity index (χ1) is 9.41. The van der Waals surface area contributed by atoms with Crippen LogP contribution in [0.5, 0.6) is 0 Å². The molecule has 0 amide bonds. The monoisotopic (exact) mass is 319 g/mol. The molecule has 2 rings (SSSR count). The summed E-state index contributed by atoms with van der Waals surface area (Å²) in [5, 5.41) is 4.00. The van der Waals surface area contributed by atoms with Gasteiger partial charge in [-0.2, -0.15) is 0 Å². The zero-order valence-corrected chi connectivity index (χ0v) is 13.3. The number of hydrogen-bond acceptors (Lipinski definition) is 2. The molecule has 0 bridgehead atoms. The maximum atomic E-state index is 13.6. The van der Waals surface area contributed by atoms with Crippen molar-refractivity contribution in [3.05, 3.63) is 33.6 Å². The standard InChI is InChI=1S/C15H20Cl2FNO/c1-10(11-7-14(18)13(17)8-12(11)16)19-9-15(2)3-5-20-6-4-15/h7-8,10,19H,3-6,9H2,1-2H3. The molecule has 0 aromatic heterocycles. The van der Waals surface area contributed by atoms with E-state index in [1.807, 2.05) is 6.92 Å². The van der Waals surface area contributed by atoms with E-state index in [2.05, 4.69) is 12.2 Å². The van der Waals surface area contributed by atoms with Crippen molar-refractivity contribution in [2.24, 2.45) is 5.41 Å². The Morgan fingerprint density at radius 1 is 1.30 bits per heavy atom.